The maximum atomic E-state index is 14.8. The van der Waals surface area contributed by atoms with Crippen LogP contribution < -0.4 is 14.5 Å². The molecule has 1 amide bonds. The van der Waals surface area contributed by atoms with Crippen molar-refractivity contribution in [2.75, 3.05) is 69.9 Å². The van der Waals surface area contributed by atoms with E-state index >= 15 is 0 Å². The zero-order chi connectivity index (χ0) is 33.1. The number of aryl methyl sites for hydroxylation is 1. The number of hydrogen-bond acceptors (Lipinski definition) is 9. The molecule has 1 aromatic heterocycles. The molecule has 0 spiro atoms. The zero-order valence-corrected chi connectivity index (χ0v) is 27.8. The number of amides is 1. The smallest absolute Gasteiger partial charge is 0.318 e. The van der Waals surface area contributed by atoms with Crippen molar-refractivity contribution in [3.63, 3.8) is 0 Å². The van der Waals surface area contributed by atoms with E-state index in [0.29, 0.717) is 45.8 Å². The predicted octanol–water partition coefficient (Wildman–Crippen LogP) is 4.45. The quantitative estimate of drug-likeness (QED) is 0.314. The van der Waals surface area contributed by atoms with Gasteiger partial charge in [0.25, 0.3) is 0 Å². The van der Waals surface area contributed by atoms with Crippen LogP contribution in [0.2, 0.25) is 0 Å². The second-order valence-corrected chi connectivity index (χ2v) is 13.2. The number of nitriles is 1. The van der Waals surface area contributed by atoms with Crippen molar-refractivity contribution in [1.29, 1.82) is 5.26 Å². The van der Waals surface area contributed by atoms with Crippen molar-refractivity contribution in [2.45, 2.75) is 57.4 Å². The van der Waals surface area contributed by atoms with Crippen LogP contribution in [0.1, 0.15) is 36.6 Å². The van der Waals surface area contributed by atoms with Crippen molar-refractivity contribution in [3.05, 3.63) is 65.4 Å². The van der Waals surface area contributed by atoms with E-state index in [1.807, 2.05) is 11.9 Å². The summed E-state index contributed by atoms with van der Waals surface area (Å²) in [6.45, 7) is 7.65. The van der Waals surface area contributed by atoms with Crippen LogP contribution in [-0.4, -0.2) is 104 Å². The van der Waals surface area contributed by atoms with Gasteiger partial charge in [0.2, 0.25) is 5.91 Å². The lowest BCUT2D eigenvalue weighted by molar-refractivity contribution is -0.128. The summed E-state index contributed by atoms with van der Waals surface area (Å²) in [6.07, 6.45) is 4.55. The number of fused-ring (bicyclic) bond motifs is 2. The normalized spacial score (nSPS) is 23.4. The van der Waals surface area contributed by atoms with Crippen LogP contribution in [0.15, 0.2) is 48.6 Å². The molecule has 2 aromatic carbocycles. The maximum absolute atomic E-state index is 14.8. The van der Waals surface area contributed by atoms with Gasteiger partial charge in [0.05, 0.1) is 37.4 Å². The molecule has 11 heteroatoms. The summed E-state index contributed by atoms with van der Waals surface area (Å²) in [7, 11) is 3.50. The predicted molar refractivity (Wildman–Crippen MR) is 180 cm³/mol. The lowest BCUT2D eigenvalue weighted by Crippen LogP contribution is -2.55. The summed E-state index contributed by atoms with van der Waals surface area (Å²) in [5.41, 5.74) is 3.11. The second-order valence-electron chi connectivity index (χ2n) is 13.2. The first-order valence-corrected chi connectivity index (χ1v) is 16.4. The number of methoxy groups -OCH3 is 1. The number of aromatic nitrogens is 2. The first kappa shape index (κ1) is 32.7. The van der Waals surface area contributed by atoms with Crippen LogP contribution in [0.25, 0.3) is 10.8 Å². The highest BCUT2D eigenvalue weighted by Crippen LogP contribution is 2.36. The van der Waals surface area contributed by atoms with Crippen LogP contribution >= 0.6 is 0 Å². The Morgan fingerprint density at radius 2 is 1.96 bits per heavy atom. The van der Waals surface area contributed by atoms with Crippen LogP contribution in [0.4, 0.5) is 15.9 Å². The first-order valence-electron chi connectivity index (χ1n) is 16.4. The van der Waals surface area contributed by atoms with Gasteiger partial charge in [0, 0.05) is 75.0 Å². The summed E-state index contributed by atoms with van der Waals surface area (Å²) >= 11 is 0. The van der Waals surface area contributed by atoms with E-state index in [0.717, 1.165) is 30.0 Å². The molecule has 3 aliphatic rings. The van der Waals surface area contributed by atoms with Crippen LogP contribution in [0.5, 0.6) is 6.01 Å². The Labute approximate surface area is 276 Å². The molecule has 6 rings (SSSR count). The van der Waals surface area contributed by atoms with E-state index in [1.165, 1.54) is 28.1 Å². The molecule has 10 nitrogen and oxygen atoms in total. The Morgan fingerprint density at radius 1 is 1.15 bits per heavy atom. The van der Waals surface area contributed by atoms with Crippen molar-refractivity contribution in [2.24, 2.45) is 0 Å². The summed E-state index contributed by atoms with van der Waals surface area (Å²) < 4.78 is 26.1. The highest BCUT2D eigenvalue weighted by atomic mass is 19.1. The minimum Gasteiger partial charge on any atom is -0.462 e. The number of benzene rings is 2. The number of likely N-dealkylation sites (tertiary alicyclic amines) is 1. The number of carbonyl (C=O) groups excluding carboxylic acids is 1. The Bertz CT molecular complexity index is 1680. The van der Waals surface area contributed by atoms with E-state index in [4.69, 9.17) is 19.4 Å². The lowest BCUT2D eigenvalue weighted by Gasteiger charge is -2.42. The number of carbonyl (C=O) groups is 1. The van der Waals surface area contributed by atoms with Gasteiger partial charge in [0.1, 0.15) is 18.1 Å². The second kappa shape index (κ2) is 13.8. The van der Waals surface area contributed by atoms with Crippen LogP contribution in [-0.2, 0) is 22.5 Å². The number of anilines is 2. The molecule has 0 bridgehead atoms. The Hall–Kier alpha value is -4.27. The van der Waals surface area contributed by atoms with E-state index in [2.05, 4.69) is 59.2 Å². The number of likely N-dealkylation sites (N-methyl/N-ethyl adjacent to an activating group) is 1. The zero-order valence-electron chi connectivity index (χ0n) is 27.8. The molecule has 0 radical (unpaired) electrons. The summed E-state index contributed by atoms with van der Waals surface area (Å²) in [5.74, 6) is 0.663. The molecule has 3 aromatic rings. The minimum absolute atomic E-state index is 0.0797. The molecule has 0 saturated carbocycles. The van der Waals surface area contributed by atoms with Gasteiger partial charge in [-0.2, -0.15) is 15.2 Å². The molecule has 4 heterocycles. The van der Waals surface area contributed by atoms with Gasteiger partial charge >= 0.3 is 6.01 Å². The van der Waals surface area contributed by atoms with Crippen molar-refractivity contribution in [3.8, 4) is 12.1 Å². The van der Waals surface area contributed by atoms with Gasteiger partial charge in [-0.05, 0) is 44.3 Å². The number of rotatable bonds is 9. The molecule has 0 aliphatic carbocycles. The first-order chi connectivity index (χ1) is 22.7. The molecule has 2 saturated heterocycles. The third-order valence-corrected chi connectivity index (χ3v) is 9.64. The highest BCUT2D eigenvalue weighted by Gasteiger charge is 2.40. The van der Waals surface area contributed by atoms with E-state index in [9.17, 15) is 14.4 Å². The third-order valence-electron chi connectivity index (χ3n) is 9.64. The van der Waals surface area contributed by atoms with E-state index in [1.54, 1.807) is 25.0 Å². The minimum atomic E-state index is -1.26. The Kier molecular flexibility index (Phi) is 9.62. The molecule has 248 valence electrons. The van der Waals surface area contributed by atoms with Crippen molar-refractivity contribution < 1.29 is 18.7 Å². The average molecular weight is 642 g/mol. The highest BCUT2D eigenvalue weighted by molar-refractivity contribution is 5.97. The van der Waals surface area contributed by atoms with E-state index in [-0.39, 0.29) is 37.0 Å². The number of piperazine rings is 1. The standard InChI is InChI=1S/C36H44FN7O3/c1-25-8-5-9-26-10-6-11-31(33(25)26)42-16-14-29-30(22-42)39-35(47-23-28-20-36(2,37)24-41(28)3)40-34(29)43-17-18-44(27(21-43)13-15-38)32(45)12-7-19-46-4/h5-12,27-28H,13-14,16-24H2,1-4H3/b12-7+/t27-,28-,36?/m0/s1. The molecule has 0 N–H and O–H groups in total. The van der Waals surface area contributed by atoms with E-state index < -0.39 is 5.67 Å². The van der Waals surface area contributed by atoms with Gasteiger partial charge < -0.3 is 24.2 Å². The Morgan fingerprint density at radius 3 is 2.70 bits per heavy atom. The summed E-state index contributed by atoms with van der Waals surface area (Å²) in [5, 5.41) is 12.1. The summed E-state index contributed by atoms with van der Waals surface area (Å²) in [4.78, 5) is 31.3. The molecule has 2 fully saturated rings. The maximum Gasteiger partial charge on any atom is 0.318 e. The average Bonchev–Trinajstić information content (AvgIpc) is 3.33. The lowest BCUT2D eigenvalue weighted by atomic mass is 9.99. The fourth-order valence-corrected chi connectivity index (χ4v) is 7.37. The monoisotopic (exact) mass is 641 g/mol. The Balaban J connectivity index is 1.31. The van der Waals surface area contributed by atoms with Crippen LogP contribution in [0.3, 0.4) is 0 Å². The van der Waals surface area contributed by atoms with Crippen molar-refractivity contribution >= 4 is 28.2 Å². The van der Waals surface area contributed by atoms with Gasteiger partial charge in [-0.15, -0.1) is 0 Å². The van der Waals surface area contributed by atoms with Gasteiger partial charge in [-0.3, -0.25) is 9.69 Å². The number of ether oxygens (including phenoxy) is 2. The summed E-state index contributed by atoms with van der Waals surface area (Å²) in [6, 6.07) is 15.0. The molecular weight excluding hydrogens is 597 g/mol. The molecule has 47 heavy (non-hydrogen) atoms. The SMILES string of the molecule is COC/C=C/C(=O)N1CCN(c2nc(OC[C@@H]3CC(C)(F)CN3C)nc3c2CCN(c2cccc4cccc(C)c24)C3)C[C@@H]1CC#N. The molecular formula is C36H44FN7O3. The molecule has 3 aliphatic heterocycles. The third kappa shape index (κ3) is 7.04. The molecule has 3 atom stereocenters. The number of nitrogens with zero attached hydrogens (tertiary/aromatic N) is 7. The van der Waals surface area contributed by atoms with Gasteiger partial charge in [0.15, 0.2) is 0 Å². The van der Waals surface area contributed by atoms with Crippen molar-refractivity contribution in [1.82, 2.24) is 19.8 Å². The topological polar surface area (TPSA) is 98.1 Å². The van der Waals surface area contributed by atoms with Gasteiger partial charge in [-0.1, -0.05) is 36.4 Å². The number of halogens is 1. The number of hydrogen-bond donors (Lipinski definition) is 0. The van der Waals surface area contributed by atoms with Gasteiger partial charge in [-0.25, -0.2) is 4.39 Å². The fraction of sp³-hybridized carbons (Fsp3) is 0.500. The fourth-order valence-electron chi connectivity index (χ4n) is 7.37. The molecule has 1 unspecified atom stereocenters. The largest absolute Gasteiger partial charge is 0.462 e. The number of alkyl halides is 1. The van der Waals surface area contributed by atoms with Crippen LogP contribution in [0, 0.1) is 18.3 Å².